The van der Waals surface area contributed by atoms with E-state index in [-0.39, 0.29) is 12.8 Å². The number of esters is 4. The third-order valence-electron chi connectivity index (χ3n) is 8.72. The molecule has 0 aromatic carbocycles. The highest BCUT2D eigenvalue weighted by Gasteiger charge is 2.31. The van der Waals surface area contributed by atoms with Gasteiger partial charge >= 0.3 is 23.9 Å². The summed E-state index contributed by atoms with van der Waals surface area (Å²) >= 11 is 0. The first-order valence-electron chi connectivity index (χ1n) is 19.3. The Kier molecular flexibility index (Phi) is 31.7. The standard InChI is InChI=1S/C40H70O7/c1-5-9-11-13-15-17-19-21-23-25-27-29-31-33-35(45-37(41)7-3)39(43)47-40(44)36(46-38(42)8-4)34-32-30-28-26-24-22-20-18-16-14-12-10-6-2/h7-8,35-36H,3-6,9-34H2,1-2H3. The van der Waals surface area contributed by atoms with E-state index in [0.717, 1.165) is 50.7 Å². The van der Waals surface area contributed by atoms with E-state index in [1.165, 1.54) is 116 Å². The topological polar surface area (TPSA) is 96.0 Å². The Morgan fingerprint density at radius 3 is 0.894 bits per heavy atom. The van der Waals surface area contributed by atoms with Gasteiger partial charge in [-0.15, -0.1) is 0 Å². The number of ether oxygens (including phenoxy) is 3. The van der Waals surface area contributed by atoms with Crippen LogP contribution in [-0.4, -0.2) is 36.1 Å². The van der Waals surface area contributed by atoms with Gasteiger partial charge in [-0.05, 0) is 25.7 Å². The zero-order valence-corrected chi connectivity index (χ0v) is 30.4. The van der Waals surface area contributed by atoms with Gasteiger partial charge in [0.15, 0.2) is 12.2 Å². The third kappa shape index (κ3) is 28.3. The van der Waals surface area contributed by atoms with E-state index in [4.69, 9.17) is 14.2 Å². The first kappa shape index (κ1) is 44.6. The number of hydrogen-bond acceptors (Lipinski definition) is 7. The highest BCUT2D eigenvalue weighted by atomic mass is 16.6. The van der Waals surface area contributed by atoms with Gasteiger partial charge in [0.1, 0.15) is 0 Å². The Bertz CT molecular complexity index is 755. The molecule has 0 aromatic heterocycles. The van der Waals surface area contributed by atoms with Crippen molar-refractivity contribution >= 4 is 23.9 Å². The lowest BCUT2D eigenvalue weighted by Gasteiger charge is -2.18. The van der Waals surface area contributed by atoms with Crippen molar-refractivity contribution in [1.29, 1.82) is 0 Å². The molecule has 0 rings (SSSR count). The van der Waals surface area contributed by atoms with Gasteiger partial charge < -0.3 is 14.2 Å². The maximum Gasteiger partial charge on any atom is 0.355 e. The third-order valence-corrected chi connectivity index (χ3v) is 8.72. The van der Waals surface area contributed by atoms with Crippen molar-refractivity contribution in [2.24, 2.45) is 0 Å². The van der Waals surface area contributed by atoms with E-state index in [1.54, 1.807) is 0 Å². The van der Waals surface area contributed by atoms with Gasteiger partial charge in [0.05, 0.1) is 0 Å². The molecule has 272 valence electrons. The van der Waals surface area contributed by atoms with Crippen LogP contribution in [0.1, 0.15) is 194 Å². The molecule has 2 atom stereocenters. The summed E-state index contributed by atoms with van der Waals surface area (Å²) in [6.45, 7) is 11.3. The van der Waals surface area contributed by atoms with Gasteiger partial charge in [-0.3, -0.25) is 0 Å². The van der Waals surface area contributed by atoms with Gasteiger partial charge in [0.2, 0.25) is 0 Å². The Balaban J connectivity index is 4.47. The molecule has 0 saturated heterocycles. The van der Waals surface area contributed by atoms with Crippen molar-refractivity contribution < 1.29 is 33.4 Å². The fourth-order valence-corrected chi connectivity index (χ4v) is 5.75. The van der Waals surface area contributed by atoms with Gasteiger partial charge in [-0.1, -0.05) is 181 Å². The molecule has 0 aliphatic heterocycles. The van der Waals surface area contributed by atoms with Gasteiger partial charge in [-0.25, -0.2) is 19.2 Å². The van der Waals surface area contributed by atoms with Crippen LogP contribution >= 0.6 is 0 Å². The van der Waals surface area contributed by atoms with Gasteiger partial charge in [0.25, 0.3) is 0 Å². The molecule has 47 heavy (non-hydrogen) atoms. The summed E-state index contributed by atoms with van der Waals surface area (Å²) in [5.41, 5.74) is 0. The lowest BCUT2D eigenvalue weighted by molar-refractivity contribution is -0.180. The minimum atomic E-state index is -1.22. The van der Waals surface area contributed by atoms with Crippen LogP contribution in [0.3, 0.4) is 0 Å². The number of carbonyl (C=O) groups is 4. The summed E-state index contributed by atoms with van der Waals surface area (Å²) in [5.74, 6) is -3.41. The smallest absolute Gasteiger partial charge is 0.355 e. The van der Waals surface area contributed by atoms with E-state index < -0.39 is 36.1 Å². The zero-order chi connectivity index (χ0) is 34.8. The molecule has 2 unspecified atom stereocenters. The second-order valence-corrected chi connectivity index (χ2v) is 13.1. The predicted octanol–water partition coefficient (Wildman–Crippen LogP) is 11.2. The van der Waals surface area contributed by atoms with Crippen LogP contribution in [0.25, 0.3) is 0 Å². The Labute approximate surface area is 288 Å². The summed E-state index contributed by atoms with van der Waals surface area (Å²) in [4.78, 5) is 49.6. The predicted molar refractivity (Wildman–Crippen MR) is 192 cm³/mol. The van der Waals surface area contributed by atoms with Crippen LogP contribution in [0.4, 0.5) is 0 Å². The molecule has 0 aromatic rings. The SMILES string of the molecule is C=CC(=O)OC(CCCCCCCCCCCCCCC)C(=O)OC(=O)C(CCCCCCCCCCCCCCC)OC(=O)C=C. The molecule has 0 aliphatic rings. The highest BCUT2D eigenvalue weighted by molar-refractivity contribution is 5.93. The fourth-order valence-electron chi connectivity index (χ4n) is 5.75. The lowest BCUT2D eigenvalue weighted by atomic mass is 10.0. The van der Waals surface area contributed by atoms with Gasteiger partial charge in [0, 0.05) is 12.2 Å². The zero-order valence-electron chi connectivity index (χ0n) is 30.4. The number of unbranched alkanes of at least 4 members (excludes halogenated alkanes) is 24. The summed E-state index contributed by atoms with van der Waals surface area (Å²) in [6.07, 6.45) is 30.8. The summed E-state index contributed by atoms with van der Waals surface area (Å²) in [6, 6.07) is 0. The van der Waals surface area contributed by atoms with E-state index in [0.29, 0.717) is 12.8 Å². The Hall–Kier alpha value is -2.44. The van der Waals surface area contributed by atoms with Crippen molar-refractivity contribution in [3.63, 3.8) is 0 Å². The average Bonchev–Trinajstić information content (AvgIpc) is 3.07. The van der Waals surface area contributed by atoms with Crippen LogP contribution in [0.2, 0.25) is 0 Å². The molecule has 0 spiro atoms. The Morgan fingerprint density at radius 2 is 0.660 bits per heavy atom. The van der Waals surface area contributed by atoms with Crippen LogP contribution in [0, 0.1) is 0 Å². The van der Waals surface area contributed by atoms with E-state index >= 15 is 0 Å². The van der Waals surface area contributed by atoms with E-state index in [1.807, 2.05) is 0 Å². The van der Waals surface area contributed by atoms with E-state index in [9.17, 15) is 19.2 Å². The van der Waals surface area contributed by atoms with Crippen LogP contribution in [-0.2, 0) is 33.4 Å². The molecule has 0 heterocycles. The van der Waals surface area contributed by atoms with Crippen LogP contribution < -0.4 is 0 Å². The van der Waals surface area contributed by atoms with Crippen LogP contribution in [0.5, 0.6) is 0 Å². The minimum absolute atomic E-state index is 0.249. The monoisotopic (exact) mass is 663 g/mol. The maximum atomic E-state index is 12.9. The fraction of sp³-hybridized carbons (Fsp3) is 0.800. The minimum Gasteiger partial charge on any atom is -0.447 e. The number of carbonyl (C=O) groups excluding carboxylic acids is 4. The lowest BCUT2D eigenvalue weighted by Crippen LogP contribution is -2.36. The number of hydrogen-bond donors (Lipinski definition) is 0. The molecular formula is C40H70O7. The molecule has 0 radical (unpaired) electrons. The normalized spacial score (nSPS) is 12.2. The Morgan fingerprint density at radius 1 is 0.426 bits per heavy atom. The summed E-state index contributed by atoms with van der Waals surface area (Å²) in [5, 5.41) is 0. The average molecular weight is 663 g/mol. The molecule has 0 aliphatic carbocycles. The molecule has 0 fully saturated rings. The van der Waals surface area contributed by atoms with Gasteiger partial charge in [-0.2, -0.15) is 0 Å². The summed E-state index contributed by atoms with van der Waals surface area (Å²) in [7, 11) is 0. The quantitative estimate of drug-likeness (QED) is 0.0222. The van der Waals surface area contributed by atoms with Crippen molar-refractivity contribution in [2.75, 3.05) is 0 Å². The molecule has 0 amide bonds. The van der Waals surface area contributed by atoms with Crippen molar-refractivity contribution in [3.05, 3.63) is 25.3 Å². The molecule has 7 heteroatoms. The first-order valence-corrected chi connectivity index (χ1v) is 19.3. The first-order chi connectivity index (χ1) is 22.9. The maximum absolute atomic E-state index is 12.9. The largest absolute Gasteiger partial charge is 0.447 e. The second kappa shape index (κ2) is 33.5. The summed E-state index contributed by atoms with van der Waals surface area (Å²) < 4.78 is 15.5. The molecule has 0 bridgehead atoms. The van der Waals surface area contributed by atoms with Crippen LogP contribution in [0.15, 0.2) is 25.3 Å². The van der Waals surface area contributed by atoms with Crippen molar-refractivity contribution in [3.8, 4) is 0 Å². The molecule has 0 N–H and O–H groups in total. The molecular weight excluding hydrogens is 592 g/mol. The highest BCUT2D eigenvalue weighted by Crippen LogP contribution is 2.18. The molecule has 0 saturated carbocycles. The second-order valence-electron chi connectivity index (χ2n) is 13.1. The number of rotatable bonds is 34. The molecule has 7 nitrogen and oxygen atoms in total. The van der Waals surface area contributed by atoms with E-state index in [2.05, 4.69) is 27.0 Å². The van der Waals surface area contributed by atoms with Crippen molar-refractivity contribution in [2.45, 2.75) is 206 Å². The van der Waals surface area contributed by atoms with Crippen molar-refractivity contribution in [1.82, 2.24) is 0 Å².